The number of carboxylic acid groups (broad SMARTS) is 1. The minimum Gasteiger partial charge on any atom is -0.481 e. The van der Waals surface area contributed by atoms with Crippen LogP contribution >= 0.6 is 11.5 Å². The van der Waals surface area contributed by atoms with Gasteiger partial charge >= 0.3 is 5.97 Å². The predicted molar refractivity (Wildman–Crippen MR) is 67.3 cm³/mol. The highest BCUT2D eigenvalue weighted by Crippen LogP contribution is 2.45. The fourth-order valence-corrected chi connectivity index (χ4v) is 3.05. The average molecular weight is 247 g/mol. The zero-order valence-corrected chi connectivity index (χ0v) is 10.1. The summed E-state index contributed by atoms with van der Waals surface area (Å²) in [5.41, 5.74) is 1.16. The van der Waals surface area contributed by atoms with Crippen LogP contribution in [-0.2, 0) is 4.79 Å². The van der Waals surface area contributed by atoms with E-state index < -0.39 is 5.97 Å². The van der Waals surface area contributed by atoms with Crippen LogP contribution in [0.1, 0.15) is 30.7 Å². The molecule has 0 radical (unpaired) electrons. The number of rotatable bonds is 4. The summed E-state index contributed by atoms with van der Waals surface area (Å²) in [6, 6.07) is 6.22. The maximum atomic E-state index is 10.9. The van der Waals surface area contributed by atoms with E-state index in [9.17, 15) is 4.79 Å². The Bertz CT molecular complexity index is 559. The maximum Gasteiger partial charge on any atom is 0.303 e. The van der Waals surface area contributed by atoms with Crippen LogP contribution in [0.3, 0.4) is 0 Å². The monoisotopic (exact) mass is 247 g/mol. The van der Waals surface area contributed by atoms with Gasteiger partial charge in [0.25, 0.3) is 0 Å². The van der Waals surface area contributed by atoms with Crippen LogP contribution in [0.5, 0.6) is 0 Å². The number of carboxylic acids is 1. The Morgan fingerprint density at radius 2 is 2.35 bits per heavy atom. The van der Waals surface area contributed by atoms with Crippen molar-refractivity contribution in [2.75, 3.05) is 0 Å². The molecule has 1 fully saturated rings. The smallest absolute Gasteiger partial charge is 0.303 e. The first-order valence-electron chi connectivity index (χ1n) is 5.80. The maximum absolute atomic E-state index is 10.9. The van der Waals surface area contributed by atoms with Crippen LogP contribution in [0.15, 0.2) is 24.4 Å². The lowest BCUT2D eigenvalue weighted by Gasteiger charge is -2.14. The van der Waals surface area contributed by atoms with Crippen molar-refractivity contribution < 1.29 is 9.90 Å². The Morgan fingerprint density at radius 3 is 3.06 bits per heavy atom. The Hall–Kier alpha value is -1.42. The van der Waals surface area contributed by atoms with E-state index in [0.29, 0.717) is 5.92 Å². The molecule has 1 saturated carbocycles. The second-order valence-corrected chi connectivity index (χ2v) is 5.50. The van der Waals surface area contributed by atoms with Gasteiger partial charge in [-0.15, -0.1) is 0 Å². The molecule has 0 amide bonds. The normalized spacial score (nSPS) is 17.2. The van der Waals surface area contributed by atoms with Crippen molar-refractivity contribution in [2.45, 2.75) is 25.2 Å². The first-order chi connectivity index (χ1) is 8.24. The molecule has 0 bridgehead atoms. The largest absolute Gasteiger partial charge is 0.481 e. The third kappa shape index (κ3) is 2.17. The highest BCUT2D eigenvalue weighted by atomic mass is 32.1. The van der Waals surface area contributed by atoms with Crippen LogP contribution in [0.4, 0.5) is 0 Å². The van der Waals surface area contributed by atoms with E-state index in [1.54, 1.807) is 0 Å². The SMILES string of the molecule is O=C(O)CC(c1ccc2cnsc2c1)C1CC1. The summed E-state index contributed by atoms with van der Waals surface area (Å²) in [5, 5.41) is 10.1. The van der Waals surface area contributed by atoms with Crippen LogP contribution in [-0.4, -0.2) is 15.4 Å². The van der Waals surface area contributed by atoms with Gasteiger partial charge in [-0.3, -0.25) is 4.79 Å². The number of benzene rings is 1. The second-order valence-electron chi connectivity index (χ2n) is 4.66. The molecule has 1 N–H and O–H groups in total. The summed E-state index contributed by atoms with van der Waals surface area (Å²) in [7, 11) is 0. The number of aliphatic carboxylic acids is 1. The molecule has 88 valence electrons. The van der Waals surface area contributed by atoms with Gasteiger partial charge in [0.05, 0.1) is 11.1 Å². The third-order valence-electron chi connectivity index (χ3n) is 3.39. The van der Waals surface area contributed by atoms with E-state index in [1.165, 1.54) is 24.4 Å². The molecule has 1 aliphatic rings. The lowest BCUT2D eigenvalue weighted by atomic mass is 9.91. The molecule has 1 atom stereocenters. The summed E-state index contributed by atoms with van der Waals surface area (Å²) in [4.78, 5) is 10.9. The van der Waals surface area contributed by atoms with E-state index in [-0.39, 0.29) is 12.3 Å². The quantitative estimate of drug-likeness (QED) is 0.902. The van der Waals surface area contributed by atoms with Crippen molar-refractivity contribution in [3.63, 3.8) is 0 Å². The molecule has 1 aromatic carbocycles. The highest BCUT2D eigenvalue weighted by molar-refractivity contribution is 7.13. The Labute approximate surface area is 103 Å². The zero-order chi connectivity index (χ0) is 11.8. The third-order valence-corrected chi connectivity index (χ3v) is 4.16. The molecule has 0 aliphatic heterocycles. The lowest BCUT2D eigenvalue weighted by Crippen LogP contribution is -2.08. The molecular weight excluding hydrogens is 234 g/mol. The van der Waals surface area contributed by atoms with E-state index in [2.05, 4.69) is 16.5 Å². The van der Waals surface area contributed by atoms with E-state index in [4.69, 9.17) is 5.11 Å². The number of hydrogen-bond donors (Lipinski definition) is 1. The molecule has 17 heavy (non-hydrogen) atoms. The molecular formula is C13H13NO2S. The molecule has 4 heteroatoms. The molecule has 0 saturated heterocycles. The van der Waals surface area contributed by atoms with E-state index >= 15 is 0 Å². The van der Waals surface area contributed by atoms with Crippen molar-refractivity contribution in [3.8, 4) is 0 Å². The molecule has 1 aliphatic carbocycles. The Balaban J connectivity index is 1.95. The summed E-state index contributed by atoms with van der Waals surface area (Å²) in [6.45, 7) is 0. The molecule has 1 aromatic heterocycles. The van der Waals surface area contributed by atoms with Gasteiger partial charge in [-0.25, -0.2) is 0 Å². The first kappa shape index (κ1) is 10.7. The molecule has 1 heterocycles. The number of aromatic nitrogens is 1. The van der Waals surface area contributed by atoms with Gasteiger partial charge in [0.1, 0.15) is 0 Å². The fraction of sp³-hybridized carbons (Fsp3) is 0.385. The van der Waals surface area contributed by atoms with Crippen LogP contribution in [0.25, 0.3) is 10.1 Å². The second kappa shape index (κ2) is 4.11. The summed E-state index contributed by atoms with van der Waals surface area (Å²) in [6.07, 6.45) is 4.43. The van der Waals surface area contributed by atoms with Gasteiger partial charge < -0.3 is 5.11 Å². The highest BCUT2D eigenvalue weighted by Gasteiger charge is 2.33. The van der Waals surface area contributed by atoms with Crippen molar-refractivity contribution in [1.82, 2.24) is 4.37 Å². The molecule has 3 nitrogen and oxygen atoms in total. The average Bonchev–Trinajstić information content (AvgIpc) is 3.03. The van der Waals surface area contributed by atoms with Crippen LogP contribution in [0.2, 0.25) is 0 Å². The lowest BCUT2D eigenvalue weighted by molar-refractivity contribution is -0.137. The minimum atomic E-state index is -0.702. The number of fused-ring (bicyclic) bond motifs is 1. The van der Waals surface area contributed by atoms with E-state index in [0.717, 1.165) is 15.6 Å². The predicted octanol–water partition coefficient (Wildman–Crippen LogP) is 3.26. The van der Waals surface area contributed by atoms with Gasteiger partial charge in [0.15, 0.2) is 0 Å². The van der Waals surface area contributed by atoms with Crippen molar-refractivity contribution in [3.05, 3.63) is 30.0 Å². The van der Waals surface area contributed by atoms with Gasteiger partial charge in [0.2, 0.25) is 0 Å². The molecule has 2 aromatic rings. The van der Waals surface area contributed by atoms with Crippen molar-refractivity contribution in [1.29, 1.82) is 0 Å². The van der Waals surface area contributed by atoms with Gasteiger partial charge in [0, 0.05) is 11.6 Å². The topological polar surface area (TPSA) is 50.2 Å². The molecule has 3 rings (SSSR count). The van der Waals surface area contributed by atoms with Gasteiger partial charge in [-0.1, -0.05) is 12.1 Å². The van der Waals surface area contributed by atoms with E-state index in [1.807, 2.05) is 12.3 Å². The van der Waals surface area contributed by atoms with Gasteiger partial charge in [-0.05, 0) is 47.8 Å². The minimum absolute atomic E-state index is 0.180. The number of carbonyl (C=O) groups is 1. The van der Waals surface area contributed by atoms with Crippen molar-refractivity contribution in [2.24, 2.45) is 5.92 Å². The zero-order valence-electron chi connectivity index (χ0n) is 9.30. The number of hydrogen-bond acceptors (Lipinski definition) is 3. The number of nitrogens with zero attached hydrogens (tertiary/aromatic N) is 1. The Morgan fingerprint density at radius 1 is 1.53 bits per heavy atom. The summed E-state index contributed by atoms with van der Waals surface area (Å²) < 4.78 is 5.30. The first-order valence-corrected chi connectivity index (χ1v) is 6.57. The van der Waals surface area contributed by atoms with Crippen molar-refractivity contribution >= 4 is 27.6 Å². The van der Waals surface area contributed by atoms with Gasteiger partial charge in [-0.2, -0.15) is 4.37 Å². The Kier molecular flexibility index (Phi) is 2.59. The van der Waals surface area contributed by atoms with Crippen LogP contribution < -0.4 is 0 Å². The summed E-state index contributed by atoms with van der Waals surface area (Å²) >= 11 is 1.47. The fourth-order valence-electron chi connectivity index (χ4n) is 2.35. The molecule has 0 spiro atoms. The molecule has 1 unspecified atom stereocenters. The standard InChI is InChI=1S/C13H13NO2S/c15-13(16)6-11(8-1-2-8)9-3-4-10-7-14-17-12(10)5-9/h3-5,7-8,11H,1-2,6H2,(H,15,16). The van der Waals surface area contributed by atoms with Crippen LogP contribution in [0, 0.1) is 5.92 Å². The summed E-state index contributed by atoms with van der Waals surface area (Å²) in [5.74, 6) is 0.0433.